The molecule has 0 aliphatic carbocycles. The molecule has 0 aliphatic heterocycles. The van der Waals surface area contributed by atoms with Gasteiger partial charge in [0.15, 0.2) is 23.3 Å². The van der Waals surface area contributed by atoms with E-state index in [-0.39, 0.29) is 6.08 Å². The maximum absolute atomic E-state index is 14.2. The van der Waals surface area contributed by atoms with Crippen molar-refractivity contribution in [2.75, 3.05) is 0 Å². The quantitative estimate of drug-likeness (QED) is 0.0860. The van der Waals surface area contributed by atoms with Crippen LogP contribution in [0.4, 0.5) is 87.8 Å². The Labute approximate surface area is 206 Å². The number of rotatable bonds is 10. The van der Waals surface area contributed by atoms with Gasteiger partial charge in [0, 0.05) is 6.08 Å². The van der Waals surface area contributed by atoms with E-state index >= 15 is 0 Å². The van der Waals surface area contributed by atoms with Crippen LogP contribution in [0.25, 0.3) is 0 Å². The maximum atomic E-state index is 14.2. The molecule has 0 fully saturated rings. The van der Waals surface area contributed by atoms with Crippen molar-refractivity contribution in [2.45, 2.75) is 54.2 Å². The Morgan fingerprint density at radius 3 is 1.27 bits per heavy atom. The van der Waals surface area contributed by atoms with Crippen LogP contribution in [0.15, 0.2) is 12.7 Å². The molecular formula is C18H6F20O2. The molecule has 0 radical (unpaired) electrons. The average molecular weight is 634 g/mol. The van der Waals surface area contributed by atoms with E-state index in [1.165, 1.54) is 0 Å². The number of benzene rings is 1. The zero-order valence-corrected chi connectivity index (χ0v) is 17.9. The zero-order chi connectivity index (χ0) is 32.2. The van der Waals surface area contributed by atoms with Crippen LogP contribution >= 0.6 is 0 Å². The molecule has 1 atom stereocenters. The van der Waals surface area contributed by atoms with Crippen molar-refractivity contribution in [3.05, 3.63) is 47.3 Å². The van der Waals surface area contributed by atoms with Gasteiger partial charge in [0.25, 0.3) is 0 Å². The molecule has 1 aromatic carbocycles. The molecule has 0 spiro atoms. The lowest BCUT2D eigenvalue weighted by atomic mass is 9.88. The second-order valence-electron chi connectivity index (χ2n) is 7.39. The standard InChI is InChI=1S/C18H6F20O2/c1-2-5(39)40-4(6-7(19)9(21)11(23)10(22)8(6)20)3-12(24,25)13(26,27)14(28,29)15(30,31)16(32,33)17(34,35)18(36,37)38/h2,4H,1,3H2. The van der Waals surface area contributed by atoms with Crippen LogP contribution in [-0.4, -0.2) is 47.7 Å². The van der Waals surface area contributed by atoms with E-state index in [2.05, 4.69) is 11.3 Å². The monoisotopic (exact) mass is 634 g/mol. The van der Waals surface area contributed by atoms with E-state index in [4.69, 9.17) is 0 Å². The number of ether oxygens (including phenoxy) is 1. The van der Waals surface area contributed by atoms with Crippen molar-refractivity contribution in [1.82, 2.24) is 0 Å². The highest BCUT2D eigenvalue weighted by Gasteiger charge is 2.93. The molecule has 0 saturated carbocycles. The number of halogens is 20. The van der Waals surface area contributed by atoms with Crippen LogP contribution in [0.2, 0.25) is 0 Å². The Balaban J connectivity index is 3.84. The fraction of sp³-hybridized carbons (Fsp3) is 0.500. The summed E-state index contributed by atoms with van der Waals surface area (Å²) in [6, 6.07) is 0. The van der Waals surface area contributed by atoms with E-state index < -0.39 is 94.9 Å². The minimum absolute atomic E-state index is 0.197. The van der Waals surface area contributed by atoms with Gasteiger partial charge in [-0.1, -0.05) is 6.58 Å². The molecule has 0 amide bonds. The summed E-state index contributed by atoms with van der Waals surface area (Å²) in [5.74, 6) is -67.8. The molecule has 0 aliphatic rings. The largest absolute Gasteiger partial charge is 0.460 e. The Morgan fingerprint density at radius 2 is 0.925 bits per heavy atom. The van der Waals surface area contributed by atoms with Crippen LogP contribution in [0, 0.1) is 29.1 Å². The van der Waals surface area contributed by atoms with Crippen molar-refractivity contribution in [3.63, 3.8) is 0 Å². The highest BCUT2D eigenvalue weighted by atomic mass is 19.4. The fourth-order valence-corrected chi connectivity index (χ4v) is 2.66. The molecule has 0 saturated heterocycles. The van der Waals surface area contributed by atoms with E-state index in [9.17, 15) is 92.6 Å². The molecule has 2 nitrogen and oxygen atoms in total. The number of carbonyl (C=O) groups is 1. The highest BCUT2D eigenvalue weighted by molar-refractivity contribution is 5.81. The molecule has 0 N–H and O–H groups in total. The lowest BCUT2D eigenvalue weighted by Gasteiger charge is -2.41. The summed E-state index contributed by atoms with van der Waals surface area (Å²) in [4.78, 5) is 11.2. The molecule has 0 aromatic heterocycles. The minimum Gasteiger partial charge on any atom is -0.454 e. The average Bonchev–Trinajstić information content (AvgIpc) is 2.79. The summed E-state index contributed by atoms with van der Waals surface area (Å²) >= 11 is 0. The van der Waals surface area contributed by atoms with Crippen LogP contribution < -0.4 is 0 Å². The first-order chi connectivity index (χ1) is 17.5. The number of esters is 1. The van der Waals surface area contributed by atoms with E-state index in [0.717, 1.165) is 0 Å². The van der Waals surface area contributed by atoms with E-state index in [1.54, 1.807) is 0 Å². The van der Waals surface area contributed by atoms with Gasteiger partial charge in [-0.25, -0.2) is 26.7 Å². The second kappa shape index (κ2) is 10.1. The number of hydrogen-bond donors (Lipinski definition) is 0. The second-order valence-corrected chi connectivity index (χ2v) is 7.39. The van der Waals surface area contributed by atoms with Gasteiger partial charge in [-0.3, -0.25) is 0 Å². The summed E-state index contributed by atoms with van der Waals surface area (Å²) in [6.07, 6.45) is -15.9. The summed E-state index contributed by atoms with van der Waals surface area (Å²) < 4.78 is 271. The predicted octanol–water partition coefficient (Wildman–Crippen LogP) is 7.92. The van der Waals surface area contributed by atoms with E-state index in [0.29, 0.717) is 0 Å². The fourth-order valence-electron chi connectivity index (χ4n) is 2.66. The van der Waals surface area contributed by atoms with Gasteiger partial charge >= 0.3 is 47.7 Å². The van der Waals surface area contributed by atoms with Crippen molar-refractivity contribution in [2.24, 2.45) is 0 Å². The lowest BCUT2D eigenvalue weighted by Crippen LogP contribution is -2.72. The van der Waals surface area contributed by atoms with Crippen LogP contribution in [0.5, 0.6) is 0 Å². The van der Waals surface area contributed by atoms with Gasteiger partial charge in [0.2, 0.25) is 5.82 Å². The minimum atomic E-state index is -8.72. The molecule has 22 heteroatoms. The van der Waals surface area contributed by atoms with Gasteiger partial charge < -0.3 is 4.74 Å². The van der Waals surface area contributed by atoms with Gasteiger partial charge in [-0.2, -0.15) is 65.9 Å². The number of carbonyl (C=O) groups excluding carboxylic acids is 1. The Morgan fingerprint density at radius 1 is 0.600 bits per heavy atom. The molecule has 1 aromatic rings. The molecule has 40 heavy (non-hydrogen) atoms. The van der Waals surface area contributed by atoms with Crippen molar-refractivity contribution in [1.29, 1.82) is 0 Å². The van der Waals surface area contributed by atoms with Crippen molar-refractivity contribution < 1.29 is 97.3 Å². The first kappa shape index (κ1) is 35.1. The third-order valence-corrected chi connectivity index (χ3v) is 4.83. The Kier molecular flexibility index (Phi) is 8.89. The highest BCUT2D eigenvalue weighted by Crippen LogP contribution is 2.63. The van der Waals surface area contributed by atoms with Crippen LogP contribution in [-0.2, 0) is 9.53 Å². The Bertz CT molecular complexity index is 1120. The molecular weight excluding hydrogens is 628 g/mol. The van der Waals surface area contributed by atoms with Gasteiger partial charge in [0.1, 0.15) is 6.10 Å². The zero-order valence-electron chi connectivity index (χ0n) is 17.9. The Hall–Kier alpha value is -2.97. The van der Waals surface area contributed by atoms with E-state index in [1.807, 2.05) is 0 Å². The number of hydrogen-bond acceptors (Lipinski definition) is 2. The predicted molar refractivity (Wildman–Crippen MR) is 85.6 cm³/mol. The molecule has 230 valence electrons. The summed E-state index contributed by atoms with van der Waals surface area (Å²) in [7, 11) is 0. The third-order valence-electron chi connectivity index (χ3n) is 4.83. The molecule has 1 unspecified atom stereocenters. The van der Waals surface area contributed by atoms with Crippen molar-refractivity contribution >= 4 is 5.97 Å². The third kappa shape index (κ3) is 5.00. The van der Waals surface area contributed by atoms with Crippen LogP contribution in [0.3, 0.4) is 0 Å². The van der Waals surface area contributed by atoms with Crippen LogP contribution in [0.1, 0.15) is 18.1 Å². The van der Waals surface area contributed by atoms with Gasteiger partial charge in [0.05, 0.1) is 12.0 Å². The summed E-state index contributed by atoms with van der Waals surface area (Å²) in [5, 5.41) is 0. The van der Waals surface area contributed by atoms with Gasteiger partial charge in [-0.05, 0) is 0 Å². The molecule has 0 heterocycles. The summed E-state index contributed by atoms with van der Waals surface area (Å²) in [6.45, 7) is 2.52. The van der Waals surface area contributed by atoms with Crippen molar-refractivity contribution in [3.8, 4) is 0 Å². The lowest BCUT2D eigenvalue weighted by molar-refractivity contribution is -0.453. The molecule has 1 rings (SSSR count). The smallest absolute Gasteiger partial charge is 0.454 e. The SMILES string of the molecule is C=CC(=O)OC(CC(F)(F)C(F)(F)C(F)(F)C(F)(F)C(F)(F)C(F)(F)C(F)(F)F)c1c(F)c(F)c(F)c(F)c1F. The topological polar surface area (TPSA) is 26.3 Å². The first-order valence-corrected chi connectivity index (χ1v) is 9.17. The van der Waals surface area contributed by atoms with Gasteiger partial charge in [-0.15, -0.1) is 0 Å². The first-order valence-electron chi connectivity index (χ1n) is 9.17. The summed E-state index contributed by atoms with van der Waals surface area (Å²) in [5.41, 5.74) is -2.83. The number of alkyl halides is 15. The maximum Gasteiger partial charge on any atom is 0.460 e. The molecule has 0 bridgehead atoms. The normalized spacial score (nSPS) is 15.2.